The smallest absolute Gasteiger partial charge is 0.357 e. The molecule has 1 aromatic heterocycles. The van der Waals surface area contributed by atoms with E-state index in [1.165, 1.54) is 0 Å². The topological polar surface area (TPSA) is 55.1 Å². The molecule has 0 radical (unpaired) electrons. The third kappa shape index (κ3) is 3.81. The Bertz CT molecular complexity index is 1360. The molecule has 5 aromatic rings. The molecule has 174 valence electrons. The summed E-state index contributed by atoms with van der Waals surface area (Å²) in [5.74, 6) is -0.638. The lowest BCUT2D eigenvalue weighted by atomic mass is 9.77. The first-order valence-electron chi connectivity index (χ1n) is 11.9. The molecule has 0 atom stereocenters. The molecule has 0 unspecified atom stereocenters. The number of hydrogen-bond acceptors (Lipinski definition) is 2. The largest absolute Gasteiger partial charge is 0.476 e. The van der Waals surface area contributed by atoms with Crippen molar-refractivity contribution in [2.45, 2.75) is 25.8 Å². The van der Waals surface area contributed by atoms with Crippen LogP contribution in [-0.2, 0) is 12.0 Å². The normalized spacial score (nSPS) is 11.7. The highest BCUT2D eigenvalue weighted by Gasteiger charge is 2.41. The van der Waals surface area contributed by atoms with Gasteiger partial charge >= 0.3 is 5.97 Å². The lowest BCUT2D eigenvalue weighted by Gasteiger charge is -2.37. The van der Waals surface area contributed by atoms with Crippen LogP contribution in [0.3, 0.4) is 0 Å². The summed E-state index contributed by atoms with van der Waals surface area (Å²) in [6.07, 6.45) is 0.776. The molecule has 0 fully saturated rings. The van der Waals surface area contributed by atoms with Gasteiger partial charge in [0.15, 0.2) is 5.69 Å². The molecule has 1 N–H and O–H groups in total. The molecule has 0 saturated heterocycles. The van der Waals surface area contributed by atoms with Gasteiger partial charge in [0.05, 0.1) is 5.52 Å². The molecule has 0 aliphatic heterocycles. The maximum absolute atomic E-state index is 12.5. The Kier molecular flexibility index (Phi) is 5.96. The van der Waals surface area contributed by atoms with Crippen LogP contribution in [0.25, 0.3) is 10.9 Å². The molecule has 0 spiro atoms. The van der Waals surface area contributed by atoms with E-state index in [0.717, 1.165) is 34.2 Å². The van der Waals surface area contributed by atoms with Crippen LogP contribution in [0.2, 0.25) is 0 Å². The number of hydrogen-bond donors (Lipinski definition) is 1. The predicted molar refractivity (Wildman–Crippen MR) is 140 cm³/mol. The zero-order chi connectivity index (χ0) is 24.4. The van der Waals surface area contributed by atoms with Crippen LogP contribution in [0.15, 0.2) is 109 Å². The van der Waals surface area contributed by atoms with Gasteiger partial charge in [0.25, 0.3) is 0 Å². The van der Waals surface area contributed by atoms with E-state index in [2.05, 4.69) is 50.2 Å². The van der Waals surface area contributed by atoms with Crippen LogP contribution in [0.5, 0.6) is 0 Å². The highest BCUT2D eigenvalue weighted by atomic mass is 16.4. The lowest BCUT2D eigenvalue weighted by Crippen LogP contribution is -2.38. The predicted octanol–water partition coefficient (Wildman–Crippen LogP) is 6.77. The maximum atomic E-state index is 12.5. The number of carbonyl (C=O) groups is 1. The fraction of sp³-hybridized carbons (Fsp3) is 0.161. The average Bonchev–Trinajstić information content (AvgIpc) is 3.28. The molecule has 0 saturated carbocycles. The highest BCUT2D eigenvalue weighted by molar-refractivity contribution is 6.03. The van der Waals surface area contributed by atoms with E-state index < -0.39 is 11.5 Å². The summed E-state index contributed by atoms with van der Waals surface area (Å²) in [5, 5.41) is 15.8. The van der Waals surface area contributed by atoms with Crippen LogP contribution >= 0.6 is 0 Å². The monoisotopic (exact) mass is 460 g/mol. The van der Waals surface area contributed by atoms with Crippen LogP contribution in [0.1, 0.15) is 46.6 Å². The number of aromatic carboxylic acids is 1. The number of rotatable bonds is 7. The molecule has 1 heterocycles. The van der Waals surface area contributed by atoms with Crippen molar-refractivity contribution in [3.63, 3.8) is 0 Å². The Morgan fingerprint density at radius 2 is 1.26 bits per heavy atom. The second kappa shape index (κ2) is 9.22. The van der Waals surface area contributed by atoms with Gasteiger partial charge in [-0.3, -0.25) is 0 Å². The van der Waals surface area contributed by atoms with Crippen molar-refractivity contribution in [1.82, 2.24) is 9.78 Å². The number of aromatic nitrogens is 2. The van der Waals surface area contributed by atoms with Crippen molar-refractivity contribution in [3.8, 4) is 0 Å². The van der Waals surface area contributed by atoms with Gasteiger partial charge in [-0.15, -0.1) is 0 Å². The van der Waals surface area contributed by atoms with Crippen LogP contribution in [0.4, 0.5) is 0 Å². The molecule has 0 amide bonds. The van der Waals surface area contributed by atoms with Gasteiger partial charge in [-0.25, -0.2) is 9.48 Å². The van der Waals surface area contributed by atoms with E-state index in [1.807, 2.05) is 77.5 Å². The summed E-state index contributed by atoms with van der Waals surface area (Å²) in [4.78, 5) is 12.5. The van der Waals surface area contributed by atoms with Gasteiger partial charge in [-0.1, -0.05) is 117 Å². The number of nitrogens with zero attached hydrogens (tertiary/aromatic N) is 2. The first-order chi connectivity index (χ1) is 17.0. The summed E-state index contributed by atoms with van der Waals surface area (Å²) in [5.41, 5.74) is 4.05. The number of carboxylic acid groups (broad SMARTS) is 1. The minimum Gasteiger partial charge on any atom is -0.476 e. The van der Waals surface area contributed by atoms with E-state index in [9.17, 15) is 9.90 Å². The third-order valence-corrected chi connectivity index (χ3v) is 6.52. The van der Waals surface area contributed by atoms with Crippen molar-refractivity contribution in [3.05, 3.63) is 137 Å². The summed E-state index contributed by atoms with van der Waals surface area (Å²) in [6.45, 7) is 4.29. The highest BCUT2D eigenvalue weighted by Crippen LogP contribution is 2.43. The van der Waals surface area contributed by atoms with Crippen molar-refractivity contribution in [2.24, 2.45) is 5.92 Å². The number of carboxylic acids is 1. The second-order valence-corrected chi connectivity index (χ2v) is 9.28. The van der Waals surface area contributed by atoms with E-state index in [-0.39, 0.29) is 5.69 Å². The Labute approximate surface area is 205 Å². The first kappa shape index (κ1) is 22.6. The van der Waals surface area contributed by atoms with Gasteiger partial charge in [-0.2, -0.15) is 5.10 Å². The minimum absolute atomic E-state index is 0.0865. The van der Waals surface area contributed by atoms with Crippen molar-refractivity contribution in [1.29, 1.82) is 0 Å². The van der Waals surface area contributed by atoms with Crippen LogP contribution < -0.4 is 0 Å². The zero-order valence-corrected chi connectivity index (χ0v) is 19.9. The number of fused-ring (bicyclic) bond motifs is 1. The second-order valence-electron chi connectivity index (χ2n) is 9.28. The summed E-state index contributed by atoms with van der Waals surface area (Å²) >= 11 is 0. The molecule has 4 nitrogen and oxygen atoms in total. The molecule has 5 rings (SSSR count). The molecule has 4 heteroatoms. The van der Waals surface area contributed by atoms with Crippen LogP contribution in [0, 0.1) is 5.92 Å². The van der Waals surface area contributed by atoms with Gasteiger partial charge in [0.2, 0.25) is 0 Å². The standard InChI is InChI=1S/C31H28N2O2/c1-22(2)21-23-13-12-20-27-28(23)29(30(34)35)32-33(27)31(24-14-6-3-7-15-24,25-16-8-4-9-17-25)26-18-10-5-11-19-26/h3-20,22H,21H2,1-2H3,(H,34,35). The SMILES string of the molecule is CC(C)Cc1cccc2c1c(C(=O)O)nn2C(c1ccccc1)(c1ccccc1)c1ccccc1. The summed E-state index contributed by atoms with van der Waals surface area (Å²) < 4.78 is 1.93. The molecular formula is C31H28N2O2. The fourth-order valence-electron chi connectivity index (χ4n) is 5.16. The van der Waals surface area contributed by atoms with Gasteiger partial charge in [0, 0.05) is 5.39 Å². The molecule has 0 bridgehead atoms. The average molecular weight is 461 g/mol. The van der Waals surface area contributed by atoms with E-state index in [1.54, 1.807) is 0 Å². The lowest BCUT2D eigenvalue weighted by molar-refractivity contribution is 0.0691. The Hall–Kier alpha value is -4.18. The molecular weight excluding hydrogens is 432 g/mol. The minimum atomic E-state index is -1.02. The van der Waals surface area contributed by atoms with E-state index >= 15 is 0 Å². The number of benzene rings is 4. The fourth-order valence-corrected chi connectivity index (χ4v) is 5.16. The van der Waals surface area contributed by atoms with Crippen molar-refractivity contribution in [2.75, 3.05) is 0 Å². The third-order valence-electron chi connectivity index (χ3n) is 6.52. The molecule has 0 aliphatic rings. The van der Waals surface area contributed by atoms with E-state index in [0.29, 0.717) is 11.3 Å². The van der Waals surface area contributed by atoms with Crippen molar-refractivity contribution >= 4 is 16.9 Å². The Balaban J connectivity index is 1.98. The quantitative estimate of drug-likeness (QED) is 0.273. The molecule has 4 aromatic carbocycles. The maximum Gasteiger partial charge on any atom is 0.357 e. The van der Waals surface area contributed by atoms with E-state index in [4.69, 9.17) is 5.10 Å². The van der Waals surface area contributed by atoms with Gasteiger partial charge in [-0.05, 0) is 40.7 Å². The Morgan fingerprint density at radius 3 is 1.69 bits per heavy atom. The Morgan fingerprint density at radius 1 is 0.771 bits per heavy atom. The van der Waals surface area contributed by atoms with Gasteiger partial charge in [0.1, 0.15) is 5.54 Å². The summed E-state index contributed by atoms with van der Waals surface area (Å²) in [6, 6.07) is 36.6. The molecule has 0 aliphatic carbocycles. The van der Waals surface area contributed by atoms with Crippen LogP contribution in [-0.4, -0.2) is 20.9 Å². The van der Waals surface area contributed by atoms with Crippen molar-refractivity contribution < 1.29 is 9.90 Å². The first-order valence-corrected chi connectivity index (χ1v) is 11.9. The summed E-state index contributed by atoms with van der Waals surface area (Å²) in [7, 11) is 0. The zero-order valence-electron chi connectivity index (χ0n) is 19.9. The van der Waals surface area contributed by atoms with Gasteiger partial charge < -0.3 is 5.11 Å². The molecule has 35 heavy (non-hydrogen) atoms.